The minimum Gasteiger partial charge on any atom is -0.370 e. The Morgan fingerprint density at radius 3 is 3.18 bits per heavy atom. The highest BCUT2D eigenvalue weighted by atomic mass is 32.2. The summed E-state index contributed by atoms with van der Waals surface area (Å²) in [5.74, 6) is 1.99. The van der Waals surface area contributed by atoms with Gasteiger partial charge in [-0.25, -0.2) is 0 Å². The highest BCUT2D eigenvalue weighted by Gasteiger charge is 2.00. The second-order valence-electron chi connectivity index (χ2n) is 3.05. The van der Waals surface area contributed by atoms with E-state index in [9.17, 15) is 10.1 Å². The fourth-order valence-electron chi connectivity index (χ4n) is 1.05. The molecule has 8 heteroatoms. The molecule has 0 aliphatic heterocycles. The second kappa shape index (κ2) is 7.55. The largest absolute Gasteiger partial charge is 0.370 e. The van der Waals surface area contributed by atoms with Gasteiger partial charge in [0.25, 0.3) is 6.20 Å². The molecule has 1 aromatic heterocycles. The maximum absolute atomic E-state index is 10.2. The van der Waals surface area contributed by atoms with Gasteiger partial charge in [0.2, 0.25) is 0 Å². The molecule has 1 heterocycles. The lowest BCUT2D eigenvalue weighted by molar-refractivity contribution is -0.404. The third-order valence-corrected chi connectivity index (χ3v) is 2.80. The number of aromatic nitrogens is 1. The molecule has 0 spiro atoms. The smallest absolute Gasteiger partial charge is 0.274 e. The molecule has 17 heavy (non-hydrogen) atoms. The number of nitrogens with zero attached hydrogens (tertiary/aromatic N) is 2. The van der Waals surface area contributed by atoms with Gasteiger partial charge in [0.1, 0.15) is 6.26 Å². The van der Waals surface area contributed by atoms with Gasteiger partial charge in [-0.3, -0.25) is 10.1 Å². The van der Waals surface area contributed by atoms with Crippen LogP contribution >= 0.6 is 11.8 Å². The monoisotopic (exact) mass is 258 g/mol. The molecule has 0 aromatic carbocycles. The molecule has 0 unspecified atom stereocenters. The summed E-state index contributed by atoms with van der Waals surface area (Å²) in [5, 5.41) is 19.6. The lowest BCUT2D eigenvalue weighted by Gasteiger charge is -2.06. The van der Waals surface area contributed by atoms with Crippen LogP contribution in [-0.2, 0) is 5.75 Å². The summed E-state index contributed by atoms with van der Waals surface area (Å²) in [7, 11) is 1.63. The maximum Gasteiger partial charge on any atom is 0.274 e. The van der Waals surface area contributed by atoms with Crippen molar-refractivity contribution in [3.05, 3.63) is 40.2 Å². The van der Waals surface area contributed by atoms with Crippen molar-refractivity contribution < 1.29 is 9.45 Å². The lowest BCUT2D eigenvalue weighted by Crippen LogP contribution is -2.26. The molecule has 0 radical (unpaired) electrons. The first-order chi connectivity index (χ1) is 8.22. The third-order valence-electron chi connectivity index (χ3n) is 1.81. The average Bonchev–Trinajstić information content (AvgIpc) is 2.79. The number of rotatable bonds is 8. The van der Waals surface area contributed by atoms with Crippen LogP contribution < -0.4 is 10.6 Å². The highest BCUT2D eigenvalue weighted by Crippen LogP contribution is 2.08. The fraction of sp³-hybridized carbons (Fsp3) is 0.444. The van der Waals surface area contributed by atoms with E-state index in [1.54, 1.807) is 18.8 Å². The Kier molecular flexibility index (Phi) is 5.94. The summed E-state index contributed by atoms with van der Waals surface area (Å²) in [6.45, 7) is 0.642. The highest BCUT2D eigenvalue weighted by molar-refractivity contribution is 7.98. The van der Waals surface area contributed by atoms with E-state index in [1.807, 2.05) is 6.07 Å². The summed E-state index contributed by atoms with van der Waals surface area (Å²) >= 11 is 1.67. The van der Waals surface area contributed by atoms with Crippen molar-refractivity contribution in [3.63, 3.8) is 0 Å². The molecule has 0 aliphatic carbocycles. The number of hydrogen-bond acceptors (Lipinski definition) is 7. The van der Waals surface area contributed by atoms with Gasteiger partial charge < -0.3 is 15.2 Å². The molecule has 2 N–H and O–H groups in total. The van der Waals surface area contributed by atoms with Crippen molar-refractivity contribution >= 4 is 11.8 Å². The van der Waals surface area contributed by atoms with Gasteiger partial charge >= 0.3 is 0 Å². The molecule has 1 rings (SSSR count). The Morgan fingerprint density at radius 2 is 2.59 bits per heavy atom. The van der Waals surface area contributed by atoms with Crippen molar-refractivity contribution in [1.82, 2.24) is 15.8 Å². The molecule has 0 saturated heterocycles. The molecule has 0 amide bonds. The normalized spacial score (nSPS) is 11.2. The number of nitro groups is 1. The van der Waals surface area contributed by atoms with Gasteiger partial charge in [-0.1, -0.05) is 5.16 Å². The number of thioether (sulfide) groups is 1. The van der Waals surface area contributed by atoms with Crippen LogP contribution in [0, 0.1) is 10.1 Å². The van der Waals surface area contributed by atoms with E-state index in [2.05, 4.69) is 15.8 Å². The van der Waals surface area contributed by atoms with E-state index in [-0.39, 0.29) is 0 Å². The summed E-state index contributed by atoms with van der Waals surface area (Å²) in [6, 6.07) is 1.81. The topological polar surface area (TPSA) is 93.2 Å². The van der Waals surface area contributed by atoms with Gasteiger partial charge in [0, 0.05) is 31.2 Å². The van der Waals surface area contributed by atoms with E-state index in [0.717, 1.165) is 23.4 Å². The summed E-state index contributed by atoms with van der Waals surface area (Å²) in [6.07, 6.45) is 2.44. The molecule has 1 aromatic rings. The Hall–Kier alpha value is -1.70. The third kappa shape index (κ3) is 5.81. The fourth-order valence-corrected chi connectivity index (χ4v) is 1.80. The minimum absolute atomic E-state index is 0.400. The van der Waals surface area contributed by atoms with Crippen molar-refractivity contribution in [2.75, 3.05) is 19.3 Å². The molecule has 94 valence electrons. The molecule has 0 saturated carbocycles. The van der Waals surface area contributed by atoms with Crippen LogP contribution in [0.2, 0.25) is 0 Å². The predicted molar refractivity (Wildman–Crippen MR) is 64.8 cm³/mol. The van der Waals surface area contributed by atoms with Crippen LogP contribution in [0.15, 0.2) is 28.9 Å². The quantitative estimate of drug-likeness (QED) is 0.404. The van der Waals surface area contributed by atoms with Crippen LogP contribution in [0.1, 0.15) is 5.69 Å². The van der Waals surface area contributed by atoms with E-state index in [1.165, 1.54) is 6.26 Å². The molecule has 0 aliphatic rings. The Labute approximate surface area is 103 Å². The molecule has 0 bridgehead atoms. The Bertz CT molecular complexity index is 366. The first-order valence-corrected chi connectivity index (χ1v) is 6.12. The molecule has 0 atom stereocenters. The number of hydrogen-bond donors (Lipinski definition) is 2. The van der Waals surface area contributed by atoms with Crippen LogP contribution in [0.3, 0.4) is 0 Å². The van der Waals surface area contributed by atoms with Crippen molar-refractivity contribution in [3.8, 4) is 0 Å². The van der Waals surface area contributed by atoms with E-state index < -0.39 is 4.92 Å². The van der Waals surface area contributed by atoms with Crippen LogP contribution in [0.5, 0.6) is 0 Å². The van der Waals surface area contributed by atoms with Gasteiger partial charge in [-0.15, -0.1) is 0 Å². The Morgan fingerprint density at radius 1 is 1.76 bits per heavy atom. The zero-order valence-electron chi connectivity index (χ0n) is 9.38. The van der Waals surface area contributed by atoms with Crippen molar-refractivity contribution in [1.29, 1.82) is 0 Å². The molecular weight excluding hydrogens is 244 g/mol. The Balaban J connectivity index is 2.13. The zero-order valence-corrected chi connectivity index (χ0v) is 10.2. The first-order valence-electron chi connectivity index (χ1n) is 4.96. The average molecular weight is 258 g/mol. The maximum atomic E-state index is 10.2. The van der Waals surface area contributed by atoms with Gasteiger partial charge in [-0.2, -0.15) is 11.8 Å². The summed E-state index contributed by atoms with van der Waals surface area (Å²) in [5.41, 5.74) is 0.893. The van der Waals surface area contributed by atoms with Gasteiger partial charge in [0.15, 0.2) is 5.82 Å². The van der Waals surface area contributed by atoms with E-state index in [0.29, 0.717) is 12.4 Å². The molecule has 0 fully saturated rings. The van der Waals surface area contributed by atoms with Crippen molar-refractivity contribution in [2.45, 2.75) is 5.75 Å². The van der Waals surface area contributed by atoms with Crippen LogP contribution in [0.25, 0.3) is 0 Å². The summed E-state index contributed by atoms with van der Waals surface area (Å²) < 4.78 is 4.70. The van der Waals surface area contributed by atoms with E-state index >= 15 is 0 Å². The minimum atomic E-state index is -0.499. The standard InChI is InChI=1S/C9H14N4O3S/c1-10-9(6-13(14)15)11-3-5-17-7-8-2-4-16-12-8/h2,4,6,10-11H,3,5,7H2,1H3. The molecule has 7 nitrogen and oxygen atoms in total. The predicted octanol–water partition coefficient (Wildman–Crippen LogP) is 0.792. The number of nitrogens with one attached hydrogen (secondary N) is 2. The SMILES string of the molecule is CNC(=C[N+](=O)[O-])NCCSCc1ccon1. The van der Waals surface area contributed by atoms with Gasteiger partial charge in [-0.05, 0) is 0 Å². The van der Waals surface area contributed by atoms with Gasteiger partial charge in [0.05, 0.1) is 10.6 Å². The van der Waals surface area contributed by atoms with E-state index in [4.69, 9.17) is 4.52 Å². The first kappa shape index (κ1) is 13.4. The van der Waals surface area contributed by atoms with Crippen molar-refractivity contribution in [2.24, 2.45) is 0 Å². The lowest BCUT2D eigenvalue weighted by atomic mass is 10.5. The second-order valence-corrected chi connectivity index (χ2v) is 4.15. The van der Waals surface area contributed by atoms with Crippen LogP contribution in [0.4, 0.5) is 0 Å². The molecular formula is C9H14N4O3S. The zero-order chi connectivity index (χ0) is 12.5. The van der Waals surface area contributed by atoms with Crippen LogP contribution in [-0.4, -0.2) is 29.4 Å². The summed E-state index contributed by atoms with van der Waals surface area (Å²) in [4.78, 5) is 9.74.